The zero-order valence-corrected chi connectivity index (χ0v) is 12.9. The molecule has 0 fully saturated rings. The molecule has 0 spiro atoms. The van der Waals surface area contributed by atoms with Crippen molar-refractivity contribution in [2.75, 3.05) is 0 Å². The normalized spacial score (nSPS) is 24.8. The molecule has 0 aliphatic heterocycles. The van der Waals surface area contributed by atoms with E-state index in [1.54, 1.807) is 0 Å². The van der Waals surface area contributed by atoms with E-state index >= 15 is 0 Å². The number of rotatable bonds is 0. The van der Waals surface area contributed by atoms with Gasteiger partial charge in [0.25, 0.3) is 0 Å². The fraction of sp³-hybridized carbons (Fsp3) is 0.429. The standard InChI is InChI=1S/C21H27N/c1-20(2,3)14-8-10-18-16(12-14)17-13-15(21(4,5)6)9-11-19(17)22(18)7/h8-13H,1-7H3/i1D3,2D3,4D3,8D,9D,10D,11D,12D,13D. The minimum absolute atomic E-state index is 0.0851. The van der Waals surface area contributed by atoms with E-state index in [4.69, 9.17) is 20.6 Å². The van der Waals surface area contributed by atoms with Crippen molar-refractivity contribution in [2.24, 2.45) is 7.05 Å². The first kappa shape index (κ1) is 5.40. The molecule has 0 aliphatic rings. The van der Waals surface area contributed by atoms with Gasteiger partial charge in [0, 0.05) is 41.2 Å². The fourth-order valence-electron chi connectivity index (χ4n) is 2.34. The highest BCUT2D eigenvalue weighted by molar-refractivity contribution is 6.08. The Hall–Kier alpha value is -1.76. The van der Waals surface area contributed by atoms with Gasteiger partial charge < -0.3 is 4.57 Å². The highest BCUT2D eigenvalue weighted by Gasteiger charge is 2.18. The van der Waals surface area contributed by atoms with E-state index in [1.807, 2.05) is 0 Å². The molecule has 1 heterocycles. The molecule has 0 saturated heterocycles. The number of fused-ring (bicyclic) bond motifs is 3. The van der Waals surface area contributed by atoms with Crippen LogP contribution in [0.2, 0.25) is 0 Å². The van der Waals surface area contributed by atoms with Crippen LogP contribution in [0.5, 0.6) is 0 Å². The summed E-state index contributed by atoms with van der Waals surface area (Å²) in [6, 6.07) is -3.60. The highest BCUT2D eigenvalue weighted by atomic mass is 14.9. The van der Waals surface area contributed by atoms with Gasteiger partial charge in [0.2, 0.25) is 0 Å². The Bertz CT molecular complexity index is 1420. The average molecular weight is 309 g/mol. The number of benzene rings is 2. The summed E-state index contributed by atoms with van der Waals surface area (Å²) in [5.74, 6) is 0. The van der Waals surface area contributed by atoms with Crippen molar-refractivity contribution < 1.29 is 20.6 Å². The zero-order valence-electron chi connectivity index (χ0n) is 27.9. The predicted octanol–water partition coefficient (Wildman–Crippen LogP) is 5.93. The van der Waals surface area contributed by atoms with E-state index in [2.05, 4.69) is 0 Å². The van der Waals surface area contributed by atoms with E-state index < -0.39 is 73.2 Å². The second-order valence-electron chi connectivity index (χ2n) is 6.26. The molecule has 116 valence electrons. The zero-order chi connectivity index (χ0) is 29.0. The molecular formula is C21H27N. The molecule has 1 heteroatoms. The van der Waals surface area contributed by atoms with E-state index in [-0.39, 0.29) is 27.4 Å². The monoisotopic (exact) mass is 308 g/mol. The maximum absolute atomic E-state index is 8.94. The quantitative estimate of drug-likeness (QED) is 0.485. The Morgan fingerprint density at radius 1 is 0.818 bits per heavy atom. The van der Waals surface area contributed by atoms with E-state index in [0.717, 1.165) is 6.92 Å². The maximum Gasteiger partial charge on any atom is 0.0645 e. The van der Waals surface area contributed by atoms with Gasteiger partial charge in [0.15, 0.2) is 0 Å². The summed E-state index contributed by atoms with van der Waals surface area (Å²) in [4.78, 5) is 0. The number of aromatic nitrogens is 1. The molecule has 0 N–H and O–H groups in total. The van der Waals surface area contributed by atoms with Crippen LogP contribution < -0.4 is 0 Å². The molecule has 0 radical (unpaired) electrons. The van der Waals surface area contributed by atoms with E-state index in [9.17, 15) is 0 Å². The fourth-order valence-corrected chi connectivity index (χ4v) is 2.34. The first-order valence-electron chi connectivity index (χ1n) is 14.4. The molecule has 3 rings (SSSR count). The molecule has 22 heavy (non-hydrogen) atoms. The van der Waals surface area contributed by atoms with Gasteiger partial charge in [0.05, 0.1) is 8.22 Å². The lowest BCUT2D eigenvalue weighted by Crippen LogP contribution is -2.10. The molecule has 0 saturated carbocycles. The average Bonchev–Trinajstić information content (AvgIpc) is 3.01. The van der Waals surface area contributed by atoms with Crippen molar-refractivity contribution in [2.45, 2.75) is 52.2 Å². The number of nitrogens with zero attached hydrogens (tertiary/aromatic N) is 1. The molecule has 3 aromatic rings. The second-order valence-corrected chi connectivity index (χ2v) is 6.26. The summed E-state index contributed by atoms with van der Waals surface area (Å²) in [6.45, 7) is -5.64. The van der Waals surface area contributed by atoms with Gasteiger partial charge in [-0.05, 0) is 46.1 Å². The number of aryl methyl sites for hydroxylation is 1. The van der Waals surface area contributed by atoms with Gasteiger partial charge in [-0.15, -0.1) is 0 Å². The van der Waals surface area contributed by atoms with Gasteiger partial charge in [-0.1, -0.05) is 53.4 Å². The third-order valence-corrected chi connectivity index (χ3v) is 3.63. The molecule has 2 aromatic carbocycles. The number of hydrogen-bond donors (Lipinski definition) is 0. The van der Waals surface area contributed by atoms with E-state index in [0.29, 0.717) is 0 Å². The van der Waals surface area contributed by atoms with Crippen molar-refractivity contribution >= 4 is 21.8 Å². The predicted molar refractivity (Wildman–Crippen MR) is 97.8 cm³/mol. The lowest BCUT2D eigenvalue weighted by Gasteiger charge is -2.19. The lowest BCUT2D eigenvalue weighted by molar-refractivity contribution is 0.590. The van der Waals surface area contributed by atoms with Crippen LogP contribution in [0.1, 0.15) is 73.0 Å². The molecule has 1 nitrogen and oxygen atoms in total. The molecule has 0 bridgehead atoms. The van der Waals surface area contributed by atoms with Crippen LogP contribution >= 0.6 is 0 Å². The Labute approximate surface area is 155 Å². The summed E-state index contributed by atoms with van der Waals surface area (Å²) < 4.78 is 125. The van der Waals surface area contributed by atoms with Crippen molar-refractivity contribution in [3.05, 3.63) is 47.4 Å². The summed E-state index contributed by atoms with van der Waals surface area (Å²) in [7, 11) is 1.39. The lowest BCUT2D eigenvalue weighted by atomic mass is 9.85. The van der Waals surface area contributed by atoms with Gasteiger partial charge in [-0.2, -0.15) is 0 Å². The molecular weight excluding hydrogens is 266 g/mol. The van der Waals surface area contributed by atoms with Crippen LogP contribution in [0.25, 0.3) is 21.8 Å². The Morgan fingerprint density at radius 2 is 1.27 bits per heavy atom. The van der Waals surface area contributed by atoms with Gasteiger partial charge >= 0.3 is 0 Å². The Balaban J connectivity index is 2.77. The molecule has 0 aliphatic carbocycles. The topological polar surface area (TPSA) is 4.93 Å². The minimum Gasteiger partial charge on any atom is -0.344 e. The Morgan fingerprint density at radius 3 is 1.73 bits per heavy atom. The first-order valence-corrected chi connectivity index (χ1v) is 6.89. The Kier molecular flexibility index (Phi) is 1.13. The van der Waals surface area contributed by atoms with Crippen LogP contribution in [0.4, 0.5) is 0 Å². The molecule has 1 aromatic heterocycles. The first-order chi connectivity index (χ1) is 16.4. The van der Waals surface area contributed by atoms with Gasteiger partial charge in [-0.3, -0.25) is 0 Å². The van der Waals surface area contributed by atoms with Crippen LogP contribution in [0.15, 0.2) is 36.3 Å². The summed E-state index contributed by atoms with van der Waals surface area (Å²) in [5, 5.41) is -0.418. The van der Waals surface area contributed by atoms with Crippen LogP contribution in [-0.2, 0) is 17.9 Å². The van der Waals surface area contributed by atoms with Crippen LogP contribution in [0.3, 0.4) is 0 Å². The highest BCUT2D eigenvalue weighted by Crippen LogP contribution is 2.35. The van der Waals surface area contributed by atoms with Crippen molar-refractivity contribution in [3.8, 4) is 0 Å². The van der Waals surface area contributed by atoms with Crippen LogP contribution in [0, 0.1) is 0 Å². The SMILES string of the molecule is [2H]c1c(C(C)(C)C([2H])([2H])[2H])c([2H])c2c3c([2H])c(C(C)(C([2H])([2H])[2H])C([2H])([2H])[2H])c([2H])c([2H])c3n(C)c2c1[2H]. The van der Waals surface area contributed by atoms with E-state index in [1.165, 1.54) is 25.5 Å². The van der Waals surface area contributed by atoms with Gasteiger partial charge in [-0.25, -0.2) is 0 Å². The van der Waals surface area contributed by atoms with Crippen molar-refractivity contribution in [1.29, 1.82) is 0 Å². The minimum atomic E-state index is -3.22. The smallest absolute Gasteiger partial charge is 0.0645 e. The second kappa shape index (κ2) is 4.62. The molecule has 0 amide bonds. The summed E-state index contributed by atoms with van der Waals surface area (Å²) in [5.41, 5.74) is -5.74. The third-order valence-electron chi connectivity index (χ3n) is 3.63. The summed E-state index contributed by atoms with van der Waals surface area (Å²) >= 11 is 0. The third kappa shape index (κ3) is 2.33. The van der Waals surface area contributed by atoms with Gasteiger partial charge in [0.1, 0.15) is 0 Å². The summed E-state index contributed by atoms with van der Waals surface area (Å²) in [6.07, 6.45) is 0. The molecule has 0 atom stereocenters. The number of hydrogen-bond acceptors (Lipinski definition) is 0. The van der Waals surface area contributed by atoms with Crippen LogP contribution in [-0.4, -0.2) is 4.57 Å². The van der Waals surface area contributed by atoms with Crippen molar-refractivity contribution in [3.63, 3.8) is 0 Å². The van der Waals surface area contributed by atoms with Crippen molar-refractivity contribution in [1.82, 2.24) is 4.57 Å². The largest absolute Gasteiger partial charge is 0.344 e. The maximum atomic E-state index is 8.94. The molecule has 0 unspecified atom stereocenters.